The van der Waals surface area contributed by atoms with E-state index in [1.807, 2.05) is 22.6 Å². The fourth-order valence-corrected chi connectivity index (χ4v) is 2.37. The zero-order valence-corrected chi connectivity index (χ0v) is 13.5. The molecule has 8 nitrogen and oxygen atoms in total. The molecule has 1 aromatic rings. The van der Waals surface area contributed by atoms with E-state index in [1.54, 1.807) is 0 Å². The van der Waals surface area contributed by atoms with Gasteiger partial charge in [-0.3, -0.25) is 19.7 Å². The molecule has 0 N–H and O–H groups in total. The number of ether oxygens (including phenoxy) is 2. The Bertz CT molecular complexity index is 545. The predicted octanol–water partition coefficient (Wildman–Crippen LogP) is 1.35. The van der Waals surface area contributed by atoms with E-state index < -0.39 is 16.9 Å². The number of nitro benzene ring substituents is 1. The number of methoxy groups -OCH3 is 2. The third-order valence-corrected chi connectivity index (χ3v) is 3.44. The Morgan fingerprint density at radius 1 is 1.24 bits per heavy atom. The molecule has 0 aliphatic heterocycles. The number of nitro groups is 1. The minimum atomic E-state index is -0.534. The highest BCUT2D eigenvalue weighted by Crippen LogP contribution is 2.27. The third-order valence-electron chi connectivity index (χ3n) is 2.58. The quantitative estimate of drug-likeness (QED) is 0.303. The van der Waals surface area contributed by atoms with Crippen LogP contribution in [0.25, 0.3) is 0 Å². The summed E-state index contributed by atoms with van der Waals surface area (Å²) in [6.45, 7) is -0.334. The van der Waals surface area contributed by atoms with Gasteiger partial charge in [-0.15, -0.1) is 0 Å². The normalized spacial score (nSPS) is 9.86. The number of carbonyl (C=O) groups excluding carboxylic acids is 2. The van der Waals surface area contributed by atoms with Gasteiger partial charge in [-0.05, 0) is 28.7 Å². The molecule has 0 amide bonds. The molecule has 0 unspecified atom stereocenters. The van der Waals surface area contributed by atoms with Crippen LogP contribution in [0.15, 0.2) is 18.2 Å². The van der Waals surface area contributed by atoms with Crippen molar-refractivity contribution in [2.24, 2.45) is 0 Å². The maximum absolute atomic E-state index is 11.4. The van der Waals surface area contributed by atoms with Crippen LogP contribution in [0.3, 0.4) is 0 Å². The van der Waals surface area contributed by atoms with E-state index >= 15 is 0 Å². The number of hydrogen-bond donors (Lipinski definition) is 0. The van der Waals surface area contributed by atoms with Gasteiger partial charge < -0.3 is 14.4 Å². The van der Waals surface area contributed by atoms with Gasteiger partial charge >= 0.3 is 11.9 Å². The topological polar surface area (TPSA) is 99.0 Å². The number of halogens is 1. The van der Waals surface area contributed by atoms with Crippen LogP contribution in [-0.2, 0) is 19.1 Å². The van der Waals surface area contributed by atoms with E-state index in [0.717, 1.165) is 0 Å². The largest absolute Gasteiger partial charge is 0.468 e. The Morgan fingerprint density at radius 2 is 1.76 bits per heavy atom. The molecule has 0 saturated carbocycles. The first-order valence-corrected chi connectivity index (χ1v) is 6.79. The zero-order chi connectivity index (χ0) is 16.0. The van der Waals surface area contributed by atoms with Gasteiger partial charge in [0.05, 0.1) is 24.8 Å². The molecule has 114 valence electrons. The summed E-state index contributed by atoms with van der Waals surface area (Å²) >= 11 is 1.90. The van der Waals surface area contributed by atoms with Crippen LogP contribution in [0.2, 0.25) is 0 Å². The first-order chi connectivity index (χ1) is 9.88. The van der Waals surface area contributed by atoms with Crippen molar-refractivity contribution >= 4 is 45.9 Å². The number of carbonyl (C=O) groups is 2. The van der Waals surface area contributed by atoms with Gasteiger partial charge in [0.25, 0.3) is 5.69 Å². The Kier molecular flexibility index (Phi) is 6.34. The first-order valence-electron chi connectivity index (χ1n) is 5.71. The molecule has 0 saturated heterocycles. The fourth-order valence-electron chi connectivity index (χ4n) is 1.53. The highest BCUT2D eigenvalue weighted by atomic mass is 127. The van der Waals surface area contributed by atoms with E-state index in [0.29, 0.717) is 9.26 Å². The molecule has 1 aromatic carbocycles. The smallest absolute Gasteiger partial charge is 0.325 e. The lowest BCUT2D eigenvalue weighted by molar-refractivity contribution is -0.384. The molecule has 0 aliphatic rings. The number of non-ortho nitro benzene ring substituents is 1. The average molecular weight is 408 g/mol. The molecule has 0 fully saturated rings. The number of hydrogen-bond acceptors (Lipinski definition) is 7. The number of rotatable bonds is 6. The molecule has 1 rings (SSSR count). The SMILES string of the molecule is COC(=O)CN(CC(=O)OC)c1ccc([N+](=O)[O-])cc1I. The van der Waals surface area contributed by atoms with Crippen molar-refractivity contribution < 1.29 is 24.0 Å². The van der Waals surface area contributed by atoms with Crippen LogP contribution in [0, 0.1) is 13.7 Å². The van der Waals surface area contributed by atoms with Crippen molar-refractivity contribution in [3.8, 4) is 0 Å². The number of esters is 2. The molecule has 0 aromatic heterocycles. The van der Waals surface area contributed by atoms with Crippen LogP contribution in [0.1, 0.15) is 0 Å². The lowest BCUT2D eigenvalue weighted by atomic mass is 10.2. The van der Waals surface area contributed by atoms with E-state index in [1.165, 1.54) is 37.3 Å². The molecule has 0 heterocycles. The Morgan fingerprint density at radius 3 is 2.14 bits per heavy atom. The minimum absolute atomic E-state index is 0.0702. The summed E-state index contributed by atoms with van der Waals surface area (Å²) < 4.78 is 9.69. The molecular weight excluding hydrogens is 395 g/mol. The van der Waals surface area contributed by atoms with Crippen molar-refractivity contribution in [1.82, 2.24) is 0 Å². The van der Waals surface area contributed by atoms with Crippen LogP contribution in [-0.4, -0.2) is 44.2 Å². The standard InChI is InChI=1S/C12H13IN2O6/c1-20-11(16)6-14(7-12(17)21-2)10-4-3-8(15(18)19)5-9(10)13/h3-5H,6-7H2,1-2H3. The molecule has 0 radical (unpaired) electrons. The van der Waals surface area contributed by atoms with Gasteiger partial charge in [0, 0.05) is 15.7 Å². The number of nitrogens with zero attached hydrogens (tertiary/aromatic N) is 2. The highest BCUT2D eigenvalue weighted by Gasteiger charge is 2.20. The highest BCUT2D eigenvalue weighted by molar-refractivity contribution is 14.1. The Balaban J connectivity index is 3.09. The summed E-state index contributed by atoms with van der Waals surface area (Å²) in [6.07, 6.45) is 0. The van der Waals surface area contributed by atoms with Crippen LogP contribution < -0.4 is 4.90 Å². The molecule has 0 bridgehead atoms. The Hall–Kier alpha value is -1.91. The van der Waals surface area contributed by atoms with Crippen molar-refractivity contribution in [3.05, 3.63) is 31.9 Å². The van der Waals surface area contributed by atoms with Gasteiger partial charge in [0.2, 0.25) is 0 Å². The number of anilines is 1. The summed E-state index contributed by atoms with van der Waals surface area (Å²) in [5.74, 6) is -1.07. The zero-order valence-electron chi connectivity index (χ0n) is 11.4. The lowest BCUT2D eigenvalue weighted by Gasteiger charge is -2.23. The van der Waals surface area contributed by atoms with E-state index in [2.05, 4.69) is 9.47 Å². The molecular formula is C12H13IN2O6. The second-order valence-electron chi connectivity index (χ2n) is 3.90. The van der Waals surface area contributed by atoms with Crippen molar-refractivity contribution in [2.75, 3.05) is 32.2 Å². The van der Waals surface area contributed by atoms with Gasteiger partial charge in [-0.25, -0.2) is 0 Å². The third kappa shape index (κ3) is 4.85. The summed E-state index contributed by atoms with van der Waals surface area (Å²) in [5.41, 5.74) is 0.441. The second-order valence-corrected chi connectivity index (χ2v) is 5.06. The van der Waals surface area contributed by atoms with E-state index in [4.69, 9.17) is 0 Å². The fraction of sp³-hybridized carbons (Fsp3) is 0.333. The van der Waals surface area contributed by atoms with Gasteiger partial charge in [-0.1, -0.05) is 0 Å². The summed E-state index contributed by atoms with van der Waals surface area (Å²) in [5, 5.41) is 10.7. The molecule has 9 heteroatoms. The van der Waals surface area contributed by atoms with Crippen LogP contribution in [0.5, 0.6) is 0 Å². The summed E-state index contributed by atoms with van der Waals surface area (Å²) in [4.78, 5) is 34.5. The monoisotopic (exact) mass is 408 g/mol. The molecule has 0 aliphatic carbocycles. The van der Waals surface area contributed by atoms with Crippen molar-refractivity contribution in [3.63, 3.8) is 0 Å². The minimum Gasteiger partial charge on any atom is -0.468 e. The van der Waals surface area contributed by atoms with Crippen LogP contribution in [0.4, 0.5) is 11.4 Å². The summed E-state index contributed by atoms with van der Waals surface area (Å²) in [7, 11) is 2.47. The predicted molar refractivity (Wildman–Crippen MR) is 82.1 cm³/mol. The molecule has 21 heavy (non-hydrogen) atoms. The molecule has 0 atom stereocenters. The molecule has 0 spiro atoms. The van der Waals surface area contributed by atoms with Gasteiger partial charge in [0.1, 0.15) is 13.1 Å². The van der Waals surface area contributed by atoms with Crippen molar-refractivity contribution in [2.45, 2.75) is 0 Å². The van der Waals surface area contributed by atoms with E-state index in [9.17, 15) is 19.7 Å². The first kappa shape index (κ1) is 17.1. The Labute approximate surface area is 134 Å². The maximum Gasteiger partial charge on any atom is 0.325 e. The van der Waals surface area contributed by atoms with Crippen molar-refractivity contribution in [1.29, 1.82) is 0 Å². The van der Waals surface area contributed by atoms with Gasteiger partial charge in [-0.2, -0.15) is 0 Å². The lowest BCUT2D eigenvalue weighted by Crippen LogP contribution is -2.36. The number of benzene rings is 1. The van der Waals surface area contributed by atoms with Gasteiger partial charge in [0.15, 0.2) is 0 Å². The van der Waals surface area contributed by atoms with E-state index in [-0.39, 0.29) is 18.8 Å². The maximum atomic E-state index is 11.4. The summed E-state index contributed by atoms with van der Waals surface area (Å²) in [6, 6.07) is 4.14. The van der Waals surface area contributed by atoms with Crippen LogP contribution >= 0.6 is 22.6 Å². The second kappa shape index (κ2) is 7.76. The average Bonchev–Trinajstić information content (AvgIpc) is 2.45.